The van der Waals surface area contributed by atoms with Gasteiger partial charge in [-0.05, 0) is 43.7 Å². The summed E-state index contributed by atoms with van der Waals surface area (Å²) in [5.74, 6) is -0.140. The lowest BCUT2D eigenvalue weighted by atomic mass is 10.1. The maximum Gasteiger partial charge on any atom is 0.255 e. The SMILES string of the molecule is Cc1cc(O)ccc1C(=O)Nc1ccccc1C(C)O. The lowest BCUT2D eigenvalue weighted by Gasteiger charge is -2.13. The molecule has 4 heteroatoms. The first kappa shape index (κ1) is 14.1. The minimum atomic E-state index is -0.660. The third-order valence-electron chi connectivity index (χ3n) is 3.11. The first-order valence-electron chi connectivity index (χ1n) is 6.37. The number of aliphatic hydroxyl groups excluding tert-OH is 1. The number of aliphatic hydroxyl groups is 1. The third-order valence-corrected chi connectivity index (χ3v) is 3.11. The van der Waals surface area contributed by atoms with Crippen LogP contribution in [0.2, 0.25) is 0 Å². The van der Waals surface area contributed by atoms with Gasteiger partial charge in [0.05, 0.1) is 6.10 Å². The summed E-state index contributed by atoms with van der Waals surface area (Å²) in [5, 5.41) is 21.8. The van der Waals surface area contributed by atoms with Crippen molar-refractivity contribution in [1.82, 2.24) is 0 Å². The van der Waals surface area contributed by atoms with Crippen LogP contribution in [0.25, 0.3) is 0 Å². The van der Waals surface area contributed by atoms with Gasteiger partial charge in [-0.3, -0.25) is 4.79 Å². The highest BCUT2D eigenvalue weighted by Gasteiger charge is 2.13. The molecule has 4 nitrogen and oxygen atoms in total. The number of hydrogen-bond donors (Lipinski definition) is 3. The quantitative estimate of drug-likeness (QED) is 0.803. The van der Waals surface area contributed by atoms with Crippen molar-refractivity contribution in [2.45, 2.75) is 20.0 Å². The second-order valence-electron chi connectivity index (χ2n) is 4.72. The van der Waals surface area contributed by atoms with Crippen LogP contribution < -0.4 is 5.32 Å². The van der Waals surface area contributed by atoms with Crippen molar-refractivity contribution in [3.8, 4) is 5.75 Å². The average molecular weight is 271 g/mol. The molecule has 3 N–H and O–H groups in total. The zero-order valence-electron chi connectivity index (χ0n) is 11.4. The number of carbonyl (C=O) groups is 1. The summed E-state index contributed by atoms with van der Waals surface area (Å²) in [7, 11) is 0. The lowest BCUT2D eigenvalue weighted by Crippen LogP contribution is -2.15. The predicted molar refractivity (Wildman–Crippen MR) is 77.9 cm³/mol. The molecule has 20 heavy (non-hydrogen) atoms. The second kappa shape index (κ2) is 5.75. The molecule has 2 aromatic carbocycles. The van der Waals surface area contributed by atoms with Crippen molar-refractivity contribution < 1.29 is 15.0 Å². The summed E-state index contributed by atoms with van der Waals surface area (Å²) in [4.78, 5) is 12.2. The van der Waals surface area contributed by atoms with E-state index in [1.807, 2.05) is 6.07 Å². The van der Waals surface area contributed by atoms with E-state index < -0.39 is 6.10 Å². The summed E-state index contributed by atoms with van der Waals surface area (Å²) >= 11 is 0. The van der Waals surface area contributed by atoms with Crippen LogP contribution in [-0.2, 0) is 0 Å². The van der Waals surface area contributed by atoms with Crippen molar-refractivity contribution in [2.75, 3.05) is 5.32 Å². The van der Waals surface area contributed by atoms with Gasteiger partial charge in [0.25, 0.3) is 5.91 Å². The van der Waals surface area contributed by atoms with E-state index in [0.717, 1.165) is 0 Å². The number of anilines is 1. The van der Waals surface area contributed by atoms with Gasteiger partial charge in [0, 0.05) is 16.8 Å². The first-order valence-corrected chi connectivity index (χ1v) is 6.37. The van der Waals surface area contributed by atoms with Crippen molar-refractivity contribution >= 4 is 11.6 Å². The van der Waals surface area contributed by atoms with Gasteiger partial charge in [0.1, 0.15) is 5.75 Å². The Morgan fingerprint density at radius 2 is 1.90 bits per heavy atom. The number of para-hydroxylation sites is 1. The first-order chi connectivity index (χ1) is 9.49. The number of rotatable bonds is 3. The second-order valence-corrected chi connectivity index (χ2v) is 4.72. The summed E-state index contributed by atoms with van der Waals surface area (Å²) < 4.78 is 0. The molecule has 0 bridgehead atoms. The molecule has 0 spiro atoms. The Kier molecular flexibility index (Phi) is 4.05. The van der Waals surface area contributed by atoms with Crippen LogP contribution >= 0.6 is 0 Å². The van der Waals surface area contributed by atoms with Crippen LogP contribution in [0.5, 0.6) is 5.75 Å². The van der Waals surface area contributed by atoms with Gasteiger partial charge in [0.2, 0.25) is 0 Å². The number of benzene rings is 2. The molecule has 0 fully saturated rings. The number of carbonyl (C=O) groups excluding carboxylic acids is 1. The van der Waals surface area contributed by atoms with Gasteiger partial charge >= 0.3 is 0 Å². The van der Waals surface area contributed by atoms with Gasteiger partial charge in [-0.25, -0.2) is 0 Å². The molecule has 0 heterocycles. The average Bonchev–Trinajstić information content (AvgIpc) is 2.38. The standard InChI is InChI=1S/C16H17NO3/c1-10-9-12(19)7-8-13(10)16(20)17-15-6-4-3-5-14(15)11(2)18/h3-9,11,18-19H,1-2H3,(H,17,20). The maximum atomic E-state index is 12.2. The molecule has 104 valence electrons. The van der Waals surface area contributed by atoms with E-state index in [1.54, 1.807) is 38.1 Å². The van der Waals surface area contributed by atoms with E-state index in [9.17, 15) is 15.0 Å². The molecule has 0 radical (unpaired) electrons. The molecule has 0 aromatic heterocycles. The third kappa shape index (κ3) is 2.97. The molecule has 0 aliphatic rings. The van der Waals surface area contributed by atoms with E-state index in [0.29, 0.717) is 22.4 Å². The summed E-state index contributed by atoms with van der Waals surface area (Å²) in [6, 6.07) is 11.7. The van der Waals surface area contributed by atoms with E-state index in [2.05, 4.69) is 5.32 Å². The van der Waals surface area contributed by atoms with Gasteiger partial charge in [0.15, 0.2) is 0 Å². The summed E-state index contributed by atoms with van der Waals surface area (Å²) in [5.41, 5.74) is 2.43. The number of nitrogens with one attached hydrogen (secondary N) is 1. The maximum absolute atomic E-state index is 12.2. The van der Waals surface area contributed by atoms with Crippen molar-refractivity contribution in [1.29, 1.82) is 0 Å². The molecule has 0 aliphatic carbocycles. The molecule has 0 saturated carbocycles. The fourth-order valence-electron chi connectivity index (χ4n) is 2.07. The van der Waals surface area contributed by atoms with Gasteiger partial charge in [-0.1, -0.05) is 18.2 Å². The van der Waals surface area contributed by atoms with Crippen molar-refractivity contribution in [3.05, 3.63) is 59.2 Å². The molecule has 2 aromatic rings. The van der Waals surface area contributed by atoms with Gasteiger partial charge < -0.3 is 15.5 Å². The summed E-state index contributed by atoms with van der Waals surface area (Å²) in [6.07, 6.45) is -0.660. The fourth-order valence-corrected chi connectivity index (χ4v) is 2.07. The van der Waals surface area contributed by atoms with Crippen LogP contribution in [0.4, 0.5) is 5.69 Å². The fraction of sp³-hybridized carbons (Fsp3) is 0.188. The van der Waals surface area contributed by atoms with Crippen LogP contribution in [0.15, 0.2) is 42.5 Å². The molecule has 1 amide bonds. The Hall–Kier alpha value is -2.33. The highest BCUT2D eigenvalue weighted by atomic mass is 16.3. The molecule has 0 saturated heterocycles. The van der Waals surface area contributed by atoms with Crippen LogP contribution in [0, 0.1) is 6.92 Å². The molecular weight excluding hydrogens is 254 g/mol. The number of aryl methyl sites for hydroxylation is 1. The number of phenols is 1. The number of aromatic hydroxyl groups is 1. The molecular formula is C16H17NO3. The molecule has 1 atom stereocenters. The Balaban J connectivity index is 2.28. The van der Waals surface area contributed by atoms with Crippen molar-refractivity contribution in [2.24, 2.45) is 0 Å². The van der Waals surface area contributed by atoms with E-state index in [4.69, 9.17) is 0 Å². The lowest BCUT2D eigenvalue weighted by molar-refractivity contribution is 0.102. The molecule has 1 unspecified atom stereocenters. The molecule has 2 rings (SSSR count). The zero-order chi connectivity index (χ0) is 14.7. The highest BCUT2D eigenvalue weighted by Crippen LogP contribution is 2.23. The van der Waals surface area contributed by atoms with Crippen molar-refractivity contribution in [3.63, 3.8) is 0 Å². The Labute approximate surface area is 117 Å². The smallest absolute Gasteiger partial charge is 0.255 e. The minimum absolute atomic E-state index is 0.128. The van der Waals surface area contributed by atoms with Gasteiger partial charge in [-0.15, -0.1) is 0 Å². The van der Waals surface area contributed by atoms with E-state index in [-0.39, 0.29) is 11.7 Å². The molecule has 0 aliphatic heterocycles. The largest absolute Gasteiger partial charge is 0.508 e. The highest BCUT2D eigenvalue weighted by molar-refractivity contribution is 6.05. The normalized spacial score (nSPS) is 11.9. The predicted octanol–water partition coefficient (Wildman–Crippen LogP) is 3.01. The Morgan fingerprint density at radius 1 is 1.20 bits per heavy atom. The van der Waals surface area contributed by atoms with Crippen LogP contribution in [0.3, 0.4) is 0 Å². The topological polar surface area (TPSA) is 69.6 Å². The zero-order valence-corrected chi connectivity index (χ0v) is 11.4. The minimum Gasteiger partial charge on any atom is -0.508 e. The van der Waals surface area contributed by atoms with E-state index in [1.165, 1.54) is 12.1 Å². The number of phenolic OH excluding ortho intramolecular Hbond substituents is 1. The monoisotopic (exact) mass is 271 g/mol. The van der Waals surface area contributed by atoms with Gasteiger partial charge in [-0.2, -0.15) is 0 Å². The van der Waals surface area contributed by atoms with Crippen LogP contribution in [-0.4, -0.2) is 16.1 Å². The van der Waals surface area contributed by atoms with E-state index >= 15 is 0 Å². The number of amides is 1. The Bertz CT molecular complexity index is 635. The Morgan fingerprint density at radius 3 is 2.55 bits per heavy atom. The van der Waals surface area contributed by atoms with Crippen LogP contribution in [0.1, 0.15) is 34.5 Å². The number of hydrogen-bond acceptors (Lipinski definition) is 3. The summed E-state index contributed by atoms with van der Waals surface area (Å²) in [6.45, 7) is 3.41.